The smallest absolute Gasteiger partial charge is 0.0700 e. The van der Waals surface area contributed by atoms with Gasteiger partial charge in [0.05, 0.1) is 11.7 Å². The van der Waals surface area contributed by atoms with Crippen LogP contribution in [0.2, 0.25) is 0 Å². The molecule has 2 aliphatic heterocycles. The molecule has 16 heavy (non-hydrogen) atoms. The molecular formula is C13H23NO2. The van der Waals surface area contributed by atoms with Crippen LogP contribution in [0.3, 0.4) is 0 Å². The zero-order chi connectivity index (χ0) is 10.8. The highest BCUT2D eigenvalue weighted by Crippen LogP contribution is 2.42. The molecule has 1 N–H and O–H groups in total. The zero-order valence-corrected chi connectivity index (χ0v) is 10.0. The number of hydrogen-bond acceptors (Lipinski definition) is 3. The molecule has 2 atom stereocenters. The predicted octanol–water partition coefficient (Wildman–Crippen LogP) is 1.86. The average Bonchev–Trinajstić information content (AvgIpc) is 2.77. The van der Waals surface area contributed by atoms with Crippen LogP contribution in [0.5, 0.6) is 0 Å². The molecule has 2 saturated heterocycles. The maximum absolute atomic E-state index is 5.93. The van der Waals surface area contributed by atoms with Gasteiger partial charge in [-0.25, -0.2) is 0 Å². The highest BCUT2D eigenvalue weighted by molar-refractivity contribution is 4.96. The van der Waals surface area contributed by atoms with Crippen LogP contribution in [0.1, 0.15) is 44.9 Å². The van der Waals surface area contributed by atoms with Crippen molar-refractivity contribution in [3.05, 3.63) is 0 Å². The molecule has 3 heteroatoms. The molecule has 0 amide bonds. The monoisotopic (exact) mass is 225 g/mol. The first-order valence-corrected chi connectivity index (χ1v) is 6.85. The van der Waals surface area contributed by atoms with E-state index in [9.17, 15) is 0 Å². The molecule has 0 radical (unpaired) electrons. The third kappa shape index (κ3) is 2.27. The van der Waals surface area contributed by atoms with E-state index in [1.165, 1.54) is 44.9 Å². The minimum Gasteiger partial charge on any atom is -0.377 e. The van der Waals surface area contributed by atoms with Crippen molar-refractivity contribution >= 4 is 0 Å². The molecule has 3 rings (SSSR count). The van der Waals surface area contributed by atoms with Crippen LogP contribution >= 0.6 is 0 Å². The molecule has 2 heterocycles. The van der Waals surface area contributed by atoms with Crippen LogP contribution in [-0.2, 0) is 9.47 Å². The second kappa shape index (κ2) is 4.63. The minimum atomic E-state index is 0.270. The Morgan fingerprint density at radius 2 is 2.06 bits per heavy atom. The fraction of sp³-hybridized carbons (Fsp3) is 1.00. The van der Waals surface area contributed by atoms with Crippen molar-refractivity contribution < 1.29 is 9.47 Å². The highest BCUT2D eigenvalue weighted by atomic mass is 16.5. The van der Waals surface area contributed by atoms with Crippen LogP contribution in [-0.4, -0.2) is 37.5 Å². The van der Waals surface area contributed by atoms with E-state index in [2.05, 4.69) is 5.32 Å². The van der Waals surface area contributed by atoms with Gasteiger partial charge in [0.25, 0.3) is 0 Å². The van der Waals surface area contributed by atoms with Gasteiger partial charge >= 0.3 is 0 Å². The maximum Gasteiger partial charge on any atom is 0.0700 e. The van der Waals surface area contributed by atoms with E-state index in [1.54, 1.807) is 0 Å². The Bertz CT molecular complexity index is 234. The fourth-order valence-corrected chi connectivity index (χ4v) is 3.22. The first-order valence-electron chi connectivity index (χ1n) is 6.85. The summed E-state index contributed by atoms with van der Waals surface area (Å²) in [4.78, 5) is 0. The van der Waals surface area contributed by atoms with Gasteiger partial charge in [-0.1, -0.05) is 0 Å². The Morgan fingerprint density at radius 1 is 1.12 bits per heavy atom. The number of hydrogen-bond donors (Lipinski definition) is 1. The summed E-state index contributed by atoms with van der Waals surface area (Å²) in [5.41, 5.74) is 0.270. The molecule has 1 saturated carbocycles. The summed E-state index contributed by atoms with van der Waals surface area (Å²) in [6.07, 6.45) is 9.27. The van der Waals surface area contributed by atoms with Crippen molar-refractivity contribution in [2.45, 2.75) is 62.7 Å². The summed E-state index contributed by atoms with van der Waals surface area (Å²) in [7, 11) is 0. The second-order valence-corrected chi connectivity index (χ2v) is 5.62. The largest absolute Gasteiger partial charge is 0.377 e. The van der Waals surface area contributed by atoms with Gasteiger partial charge in [-0.15, -0.1) is 0 Å². The molecule has 1 aliphatic carbocycles. The third-order valence-corrected chi connectivity index (χ3v) is 4.42. The Labute approximate surface area is 97.9 Å². The quantitative estimate of drug-likeness (QED) is 0.795. The number of ether oxygens (including phenoxy) is 2. The van der Waals surface area contributed by atoms with Gasteiger partial charge < -0.3 is 14.8 Å². The molecule has 3 fully saturated rings. The molecule has 0 aromatic carbocycles. The van der Waals surface area contributed by atoms with Crippen molar-refractivity contribution in [3.63, 3.8) is 0 Å². The first kappa shape index (κ1) is 11.0. The molecule has 3 aliphatic rings. The van der Waals surface area contributed by atoms with Gasteiger partial charge in [-0.3, -0.25) is 0 Å². The predicted molar refractivity (Wildman–Crippen MR) is 62.5 cm³/mol. The summed E-state index contributed by atoms with van der Waals surface area (Å²) in [6.45, 7) is 2.95. The lowest BCUT2D eigenvalue weighted by Crippen LogP contribution is -2.51. The Morgan fingerprint density at radius 3 is 2.75 bits per heavy atom. The lowest BCUT2D eigenvalue weighted by Gasteiger charge is -2.47. The molecule has 2 unspecified atom stereocenters. The molecular weight excluding hydrogens is 202 g/mol. The minimum absolute atomic E-state index is 0.270. The summed E-state index contributed by atoms with van der Waals surface area (Å²) in [5, 5.41) is 3.68. The van der Waals surface area contributed by atoms with Crippen molar-refractivity contribution in [2.24, 2.45) is 0 Å². The van der Waals surface area contributed by atoms with Gasteiger partial charge in [-0.2, -0.15) is 0 Å². The zero-order valence-electron chi connectivity index (χ0n) is 10.0. The number of nitrogens with one attached hydrogen (secondary N) is 1. The lowest BCUT2D eigenvalue weighted by molar-refractivity contribution is -0.136. The van der Waals surface area contributed by atoms with Gasteiger partial charge in [0.2, 0.25) is 0 Å². The number of rotatable bonds is 3. The normalized spacial score (nSPS) is 37.5. The average molecular weight is 225 g/mol. The van der Waals surface area contributed by atoms with Gasteiger partial charge in [0.1, 0.15) is 0 Å². The molecule has 3 nitrogen and oxygen atoms in total. The van der Waals surface area contributed by atoms with Gasteiger partial charge in [0, 0.05) is 25.8 Å². The topological polar surface area (TPSA) is 30.5 Å². The van der Waals surface area contributed by atoms with E-state index in [0.29, 0.717) is 12.1 Å². The molecule has 0 bridgehead atoms. The van der Waals surface area contributed by atoms with E-state index in [0.717, 1.165) is 19.8 Å². The van der Waals surface area contributed by atoms with Crippen molar-refractivity contribution in [1.29, 1.82) is 0 Å². The lowest BCUT2D eigenvalue weighted by atomic mass is 9.74. The van der Waals surface area contributed by atoms with E-state index in [-0.39, 0.29) is 5.60 Å². The van der Waals surface area contributed by atoms with Crippen LogP contribution in [0.4, 0.5) is 0 Å². The first-order chi connectivity index (χ1) is 7.86. The Kier molecular flexibility index (Phi) is 3.18. The van der Waals surface area contributed by atoms with Crippen LogP contribution < -0.4 is 5.32 Å². The summed E-state index contributed by atoms with van der Waals surface area (Å²) >= 11 is 0. The van der Waals surface area contributed by atoms with Gasteiger partial charge in [0.15, 0.2) is 0 Å². The Balaban J connectivity index is 1.43. The van der Waals surface area contributed by atoms with Crippen LogP contribution in [0.15, 0.2) is 0 Å². The SMILES string of the molecule is C1COC(CNC2CCOC3(CCC3)C2)C1. The summed E-state index contributed by atoms with van der Waals surface area (Å²) < 4.78 is 11.6. The maximum atomic E-state index is 5.93. The van der Waals surface area contributed by atoms with E-state index < -0.39 is 0 Å². The summed E-state index contributed by atoms with van der Waals surface area (Å²) in [6, 6.07) is 0.665. The Hall–Kier alpha value is -0.120. The van der Waals surface area contributed by atoms with E-state index in [1.807, 2.05) is 0 Å². The van der Waals surface area contributed by atoms with E-state index >= 15 is 0 Å². The molecule has 92 valence electrons. The van der Waals surface area contributed by atoms with Crippen molar-refractivity contribution in [1.82, 2.24) is 5.32 Å². The summed E-state index contributed by atoms with van der Waals surface area (Å²) in [5.74, 6) is 0. The standard InChI is InChI=1S/C13H23NO2/c1-3-12(15-7-1)10-14-11-4-8-16-13(9-11)5-2-6-13/h11-12,14H,1-10H2. The van der Waals surface area contributed by atoms with Gasteiger partial charge in [-0.05, 0) is 44.9 Å². The molecule has 1 spiro atoms. The van der Waals surface area contributed by atoms with Crippen LogP contribution in [0, 0.1) is 0 Å². The third-order valence-electron chi connectivity index (χ3n) is 4.42. The molecule has 0 aromatic heterocycles. The fourth-order valence-electron chi connectivity index (χ4n) is 3.22. The van der Waals surface area contributed by atoms with Crippen LogP contribution in [0.25, 0.3) is 0 Å². The van der Waals surface area contributed by atoms with Crippen molar-refractivity contribution in [3.8, 4) is 0 Å². The van der Waals surface area contributed by atoms with Crippen molar-refractivity contribution in [2.75, 3.05) is 19.8 Å². The molecule has 0 aromatic rings. The second-order valence-electron chi connectivity index (χ2n) is 5.62. The highest BCUT2D eigenvalue weighted by Gasteiger charge is 2.42. The van der Waals surface area contributed by atoms with E-state index in [4.69, 9.17) is 9.47 Å².